The number of rotatable bonds is 8. The molecule has 1 saturated heterocycles. The second-order valence-electron chi connectivity index (χ2n) is 6.79. The van der Waals surface area contributed by atoms with Gasteiger partial charge in [-0.25, -0.2) is 0 Å². The van der Waals surface area contributed by atoms with Crippen molar-refractivity contribution < 1.29 is 14.6 Å². The molecule has 5 heteroatoms. The summed E-state index contributed by atoms with van der Waals surface area (Å²) in [4.78, 5) is 14.2. The molecule has 1 aromatic carbocycles. The number of carbonyl (C=O) groups is 1. The van der Waals surface area contributed by atoms with Crippen molar-refractivity contribution in [1.82, 2.24) is 10.2 Å². The van der Waals surface area contributed by atoms with Gasteiger partial charge in [0.2, 0.25) is 5.91 Å². The summed E-state index contributed by atoms with van der Waals surface area (Å²) in [5.74, 6) is 1.59. The topological polar surface area (TPSA) is 61.8 Å². The normalized spacial score (nSPS) is 17.5. The van der Waals surface area contributed by atoms with E-state index in [0.29, 0.717) is 25.9 Å². The van der Waals surface area contributed by atoms with E-state index in [9.17, 15) is 9.90 Å². The molecule has 0 aromatic heterocycles. The number of piperidine rings is 1. The zero-order chi connectivity index (χ0) is 17.4. The lowest BCUT2D eigenvalue weighted by molar-refractivity contribution is -0.121. The van der Waals surface area contributed by atoms with Crippen LogP contribution < -0.4 is 10.1 Å². The van der Waals surface area contributed by atoms with Crippen LogP contribution in [-0.4, -0.2) is 55.3 Å². The van der Waals surface area contributed by atoms with Crippen LogP contribution in [0, 0.1) is 5.92 Å². The van der Waals surface area contributed by atoms with Gasteiger partial charge in [0.25, 0.3) is 0 Å². The second kappa shape index (κ2) is 9.64. The van der Waals surface area contributed by atoms with Gasteiger partial charge in [0, 0.05) is 19.5 Å². The van der Waals surface area contributed by atoms with E-state index in [2.05, 4.69) is 17.1 Å². The number of aryl methyl sites for hydroxylation is 1. The number of likely N-dealkylation sites (tertiary alicyclic amines) is 1. The molecule has 1 fully saturated rings. The summed E-state index contributed by atoms with van der Waals surface area (Å²) in [5.41, 5.74) is 1.11. The van der Waals surface area contributed by atoms with Gasteiger partial charge in [-0.3, -0.25) is 4.79 Å². The number of hydrogen-bond acceptors (Lipinski definition) is 4. The molecule has 0 aliphatic carbocycles. The number of methoxy groups -OCH3 is 1. The Morgan fingerprint density at radius 2 is 2.00 bits per heavy atom. The van der Waals surface area contributed by atoms with Crippen molar-refractivity contribution in [3.8, 4) is 5.75 Å². The van der Waals surface area contributed by atoms with Crippen molar-refractivity contribution in [2.24, 2.45) is 5.92 Å². The highest BCUT2D eigenvalue weighted by atomic mass is 16.5. The third-order valence-corrected chi connectivity index (χ3v) is 4.68. The first-order valence-electron chi connectivity index (χ1n) is 8.87. The molecule has 1 aliphatic rings. The van der Waals surface area contributed by atoms with E-state index in [-0.39, 0.29) is 5.91 Å². The molecule has 1 aliphatic heterocycles. The Morgan fingerprint density at radius 3 is 2.62 bits per heavy atom. The molecule has 0 bridgehead atoms. The number of aliphatic hydroxyl groups is 1. The highest BCUT2D eigenvalue weighted by Gasteiger charge is 2.18. The van der Waals surface area contributed by atoms with E-state index in [0.717, 1.165) is 30.3 Å². The van der Waals surface area contributed by atoms with Crippen molar-refractivity contribution in [2.45, 2.75) is 38.7 Å². The number of nitrogens with zero attached hydrogens (tertiary/aromatic N) is 1. The molecular formula is C19H30N2O3. The van der Waals surface area contributed by atoms with Crippen molar-refractivity contribution in [2.75, 3.05) is 33.3 Å². The standard InChI is InChI=1S/C19H30N2O3/c1-15-9-11-21(12-10-15)14-17(22)13-20-19(23)8-5-16-3-6-18(24-2)7-4-16/h3-4,6-7,15,17,22H,5,8-14H2,1-2H3,(H,20,23). The van der Waals surface area contributed by atoms with Crippen molar-refractivity contribution >= 4 is 5.91 Å². The Morgan fingerprint density at radius 1 is 1.33 bits per heavy atom. The lowest BCUT2D eigenvalue weighted by Crippen LogP contribution is -2.43. The molecule has 0 spiro atoms. The average Bonchev–Trinajstić information content (AvgIpc) is 2.60. The molecule has 1 heterocycles. The summed E-state index contributed by atoms with van der Waals surface area (Å²) in [6.07, 6.45) is 3.02. The van der Waals surface area contributed by atoms with E-state index in [1.807, 2.05) is 24.3 Å². The molecule has 0 saturated carbocycles. The first-order valence-corrected chi connectivity index (χ1v) is 8.87. The first-order chi connectivity index (χ1) is 11.6. The summed E-state index contributed by atoms with van der Waals surface area (Å²) >= 11 is 0. The van der Waals surface area contributed by atoms with E-state index < -0.39 is 6.10 Å². The van der Waals surface area contributed by atoms with Gasteiger partial charge in [-0.05, 0) is 56.0 Å². The van der Waals surface area contributed by atoms with Gasteiger partial charge in [0.1, 0.15) is 5.75 Å². The van der Waals surface area contributed by atoms with Crippen LogP contribution >= 0.6 is 0 Å². The predicted molar refractivity (Wildman–Crippen MR) is 95.2 cm³/mol. The maximum absolute atomic E-state index is 11.9. The molecule has 134 valence electrons. The van der Waals surface area contributed by atoms with Crippen LogP contribution in [-0.2, 0) is 11.2 Å². The van der Waals surface area contributed by atoms with Crippen LogP contribution in [0.4, 0.5) is 0 Å². The van der Waals surface area contributed by atoms with Gasteiger partial charge >= 0.3 is 0 Å². The summed E-state index contributed by atoms with van der Waals surface area (Å²) in [7, 11) is 1.64. The Hall–Kier alpha value is -1.59. The third kappa shape index (κ3) is 6.49. The Kier molecular flexibility index (Phi) is 7.53. The molecule has 0 radical (unpaired) electrons. The second-order valence-corrected chi connectivity index (χ2v) is 6.79. The van der Waals surface area contributed by atoms with Crippen molar-refractivity contribution in [3.63, 3.8) is 0 Å². The number of benzene rings is 1. The minimum atomic E-state index is -0.497. The lowest BCUT2D eigenvalue weighted by atomic mass is 9.99. The largest absolute Gasteiger partial charge is 0.497 e. The Balaban J connectivity index is 1.61. The Bertz CT molecular complexity index is 496. The van der Waals surface area contributed by atoms with Gasteiger partial charge < -0.3 is 20.1 Å². The minimum absolute atomic E-state index is 0.0165. The summed E-state index contributed by atoms with van der Waals surface area (Å²) in [6.45, 7) is 5.34. The zero-order valence-electron chi connectivity index (χ0n) is 14.8. The van der Waals surface area contributed by atoms with Crippen LogP contribution in [0.25, 0.3) is 0 Å². The smallest absolute Gasteiger partial charge is 0.220 e. The fourth-order valence-electron chi connectivity index (χ4n) is 2.98. The highest BCUT2D eigenvalue weighted by molar-refractivity contribution is 5.76. The monoisotopic (exact) mass is 334 g/mol. The summed E-state index contributed by atoms with van der Waals surface area (Å²) in [6, 6.07) is 7.74. The maximum Gasteiger partial charge on any atom is 0.220 e. The van der Waals surface area contributed by atoms with Crippen LogP contribution in [0.5, 0.6) is 5.75 Å². The molecular weight excluding hydrogens is 304 g/mol. The number of nitrogens with one attached hydrogen (secondary N) is 1. The van der Waals surface area contributed by atoms with Crippen LogP contribution in [0.1, 0.15) is 31.7 Å². The number of ether oxygens (including phenoxy) is 1. The van der Waals surface area contributed by atoms with Gasteiger partial charge in [0.15, 0.2) is 0 Å². The van der Waals surface area contributed by atoms with Crippen molar-refractivity contribution in [1.29, 1.82) is 0 Å². The quantitative estimate of drug-likeness (QED) is 0.761. The number of β-amino-alcohol motifs (C(OH)–C–C–N with tert-alkyl or cyclic N) is 1. The van der Waals surface area contributed by atoms with Crippen LogP contribution in [0.3, 0.4) is 0 Å². The molecule has 1 aromatic rings. The molecule has 2 N–H and O–H groups in total. The average molecular weight is 334 g/mol. The highest BCUT2D eigenvalue weighted by Crippen LogP contribution is 2.16. The first kappa shape index (κ1) is 18.7. The molecule has 24 heavy (non-hydrogen) atoms. The predicted octanol–water partition coefficient (Wildman–Crippen LogP) is 1.84. The van der Waals surface area contributed by atoms with Gasteiger partial charge in [-0.1, -0.05) is 19.1 Å². The molecule has 1 atom stereocenters. The zero-order valence-corrected chi connectivity index (χ0v) is 14.8. The molecule has 1 amide bonds. The number of carbonyl (C=O) groups excluding carboxylic acids is 1. The molecule has 5 nitrogen and oxygen atoms in total. The summed E-state index contributed by atoms with van der Waals surface area (Å²) < 4.78 is 5.12. The number of hydrogen-bond donors (Lipinski definition) is 2. The van der Waals surface area contributed by atoms with E-state index in [4.69, 9.17) is 4.74 Å². The molecule has 2 rings (SSSR count). The van der Waals surface area contributed by atoms with Crippen LogP contribution in [0.15, 0.2) is 24.3 Å². The SMILES string of the molecule is COc1ccc(CCC(=O)NCC(O)CN2CCC(C)CC2)cc1. The van der Waals surface area contributed by atoms with Gasteiger partial charge in [-0.15, -0.1) is 0 Å². The minimum Gasteiger partial charge on any atom is -0.497 e. The van der Waals surface area contributed by atoms with Gasteiger partial charge in [0.05, 0.1) is 13.2 Å². The Labute approximate surface area is 145 Å². The van der Waals surface area contributed by atoms with Crippen LogP contribution in [0.2, 0.25) is 0 Å². The fourth-order valence-corrected chi connectivity index (χ4v) is 2.98. The maximum atomic E-state index is 11.9. The number of amides is 1. The fraction of sp³-hybridized carbons (Fsp3) is 0.632. The number of aliphatic hydroxyl groups excluding tert-OH is 1. The lowest BCUT2D eigenvalue weighted by Gasteiger charge is -2.31. The third-order valence-electron chi connectivity index (χ3n) is 4.68. The van der Waals surface area contributed by atoms with Gasteiger partial charge in [-0.2, -0.15) is 0 Å². The summed E-state index contributed by atoms with van der Waals surface area (Å²) in [5, 5.41) is 12.9. The molecule has 1 unspecified atom stereocenters. The van der Waals surface area contributed by atoms with E-state index in [1.165, 1.54) is 12.8 Å². The van der Waals surface area contributed by atoms with Crippen molar-refractivity contribution in [3.05, 3.63) is 29.8 Å². The van der Waals surface area contributed by atoms with E-state index in [1.54, 1.807) is 7.11 Å². The van der Waals surface area contributed by atoms with E-state index >= 15 is 0 Å².